The Hall–Kier alpha value is -1.65. The molecule has 1 aromatic heterocycles. The van der Waals surface area contributed by atoms with E-state index in [1.165, 1.54) is 39.3 Å². The summed E-state index contributed by atoms with van der Waals surface area (Å²) in [6.45, 7) is 2.63. The molecule has 1 heterocycles. The van der Waals surface area contributed by atoms with Gasteiger partial charge in [-0.25, -0.2) is 9.18 Å². The maximum absolute atomic E-state index is 13.4. The summed E-state index contributed by atoms with van der Waals surface area (Å²) in [5.74, 6) is -0.712. The summed E-state index contributed by atoms with van der Waals surface area (Å²) in [4.78, 5) is 23.0. The number of rotatable bonds is 3. The van der Waals surface area contributed by atoms with Crippen LogP contribution in [0.4, 0.5) is 4.39 Å². The molecular weight excluding hydrogens is 213 g/mol. The Balaban J connectivity index is 3.15. The van der Waals surface area contributed by atoms with Gasteiger partial charge >= 0.3 is 5.97 Å². The number of nitrogens with zero attached hydrogens (tertiary/aromatic N) is 1. The van der Waals surface area contributed by atoms with Crippen molar-refractivity contribution in [3.8, 4) is 0 Å². The number of hydrogen-bond acceptors (Lipinski definition) is 3. The summed E-state index contributed by atoms with van der Waals surface area (Å²) in [5.41, 5.74) is -2.15. The fourth-order valence-electron chi connectivity index (χ4n) is 1.33. The van der Waals surface area contributed by atoms with E-state index in [0.29, 0.717) is 0 Å². The Labute approximate surface area is 92.7 Å². The number of methoxy groups -OCH3 is 1. The Morgan fingerprint density at radius 3 is 2.69 bits per heavy atom. The number of alkyl halides is 1. The molecule has 0 spiro atoms. The first-order valence-electron chi connectivity index (χ1n) is 4.82. The van der Waals surface area contributed by atoms with E-state index in [1.807, 2.05) is 0 Å². The van der Waals surface area contributed by atoms with Gasteiger partial charge in [0.1, 0.15) is 11.2 Å². The third-order valence-corrected chi connectivity index (χ3v) is 1.97. The van der Waals surface area contributed by atoms with E-state index in [2.05, 4.69) is 4.74 Å². The van der Waals surface area contributed by atoms with Crippen LogP contribution in [-0.2, 0) is 11.3 Å². The van der Waals surface area contributed by atoms with E-state index >= 15 is 0 Å². The Kier molecular flexibility index (Phi) is 3.47. The fraction of sp³-hybridized carbons (Fsp3) is 0.455. The molecule has 1 rings (SSSR count). The lowest BCUT2D eigenvalue weighted by Crippen LogP contribution is -2.32. The summed E-state index contributed by atoms with van der Waals surface area (Å²) in [7, 11) is 1.19. The van der Waals surface area contributed by atoms with Crippen LogP contribution in [0.1, 0.15) is 24.2 Å². The first kappa shape index (κ1) is 12.4. The SMILES string of the molecule is COC(=O)c1cccn(CC(C)(C)F)c1=O. The number of carbonyl (C=O) groups excluding carboxylic acids is 1. The lowest BCUT2D eigenvalue weighted by molar-refractivity contribution is 0.0597. The second kappa shape index (κ2) is 4.47. The molecule has 0 unspecified atom stereocenters. The van der Waals surface area contributed by atoms with Crippen molar-refractivity contribution in [3.05, 3.63) is 34.2 Å². The largest absolute Gasteiger partial charge is 0.465 e. The number of ether oxygens (including phenoxy) is 1. The molecule has 0 radical (unpaired) electrons. The smallest absolute Gasteiger partial charge is 0.343 e. The van der Waals surface area contributed by atoms with Crippen LogP contribution in [0.15, 0.2) is 23.1 Å². The van der Waals surface area contributed by atoms with Gasteiger partial charge in [-0.15, -0.1) is 0 Å². The number of halogens is 1. The molecule has 0 amide bonds. The molecule has 0 atom stereocenters. The van der Waals surface area contributed by atoms with E-state index in [4.69, 9.17) is 0 Å². The predicted molar refractivity (Wildman–Crippen MR) is 57.2 cm³/mol. The fourth-order valence-corrected chi connectivity index (χ4v) is 1.33. The van der Waals surface area contributed by atoms with E-state index in [9.17, 15) is 14.0 Å². The molecule has 0 aliphatic rings. The number of aromatic nitrogens is 1. The van der Waals surface area contributed by atoms with Crippen LogP contribution in [0.5, 0.6) is 0 Å². The highest BCUT2D eigenvalue weighted by Crippen LogP contribution is 2.10. The van der Waals surface area contributed by atoms with E-state index in [1.54, 1.807) is 0 Å². The predicted octanol–water partition coefficient (Wildman–Crippen LogP) is 1.38. The molecule has 1 aromatic rings. The summed E-state index contributed by atoms with van der Waals surface area (Å²) < 4.78 is 19.0. The van der Waals surface area contributed by atoms with Gasteiger partial charge in [0.25, 0.3) is 5.56 Å². The molecule has 88 valence electrons. The van der Waals surface area contributed by atoms with Gasteiger partial charge < -0.3 is 9.30 Å². The highest BCUT2D eigenvalue weighted by Gasteiger charge is 2.19. The van der Waals surface area contributed by atoms with E-state index < -0.39 is 17.2 Å². The van der Waals surface area contributed by atoms with Crippen LogP contribution in [0.25, 0.3) is 0 Å². The Morgan fingerprint density at radius 2 is 2.19 bits per heavy atom. The number of pyridine rings is 1. The number of esters is 1. The first-order chi connectivity index (χ1) is 7.35. The minimum Gasteiger partial charge on any atom is -0.465 e. The van der Waals surface area contributed by atoms with Gasteiger partial charge in [0.05, 0.1) is 13.7 Å². The zero-order chi connectivity index (χ0) is 12.3. The summed E-state index contributed by atoms with van der Waals surface area (Å²) >= 11 is 0. The second-order valence-electron chi connectivity index (χ2n) is 4.07. The van der Waals surface area contributed by atoms with Crippen molar-refractivity contribution in [2.75, 3.05) is 7.11 Å². The maximum Gasteiger partial charge on any atom is 0.343 e. The van der Waals surface area contributed by atoms with Crippen LogP contribution in [-0.4, -0.2) is 23.3 Å². The molecule has 0 bridgehead atoms. The van der Waals surface area contributed by atoms with Gasteiger partial charge in [-0.05, 0) is 26.0 Å². The normalized spacial score (nSPS) is 11.2. The highest BCUT2D eigenvalue weighted by atomic mass is 19.1. The van der Waals surface area contributed by atoms with Gasteiger partial charge in [-0.3, -0.25) is 4.79 Å². The monoisotopic (exact) mass is 227 g/mol. The van der Waals surface area contributed by atoms with Crippen molar-refractivity contribution >= 4 is 5.97 Å². The molecule has 0 aliphatic carbocycles. The van der Waals surface area contributed by atoms with Gasteiger partial charge in [0.15, 0.2) is 0 Å². The van der Waals surface area contributed by atoms with Crippen LogP contribution in [0.3, 0.4) is 0 Å². The van der Waals surface area contributed by atoms with Crippen molar-refractivity contribution in [3.63, 3.8) is 0 Å². The van der Waals surface area contributed by atoms with Gasteiger partial charge in [0, 0.05) is 6.20 Å². The Bertz CT molecular complexity index is 445. The first-order valence-corrected chi connectivity index (χ1v) is 4.82. The quantitative estimate of drug-likeness (QED) is 0.733. The number of carbonyl (C=O) groups is 1. The molecule has 0 fully saturated rings. The molecule has 0 N–H and O–H groups in total. The second-order valence-corrected chi connectivity index (χ2v) is 4.07. The number of hydrogen-bond donors (Lipinski definition) is 0. The van der Waals surface area contributed by atoms with Crippen LogP contribution in [0, 0.1) is 0 Å². The third kappa shape index (κ3) is 2.92. The Morgan fingerprint density at radius 1 is 1.56 bits per heavy atom. The lowest BCUT2D eigenvalue weighted by atomic mass is 10.1. The summed E-state index contributed by atoms with van der Waals surface area (Å²) in [6.07, 6.45) is 1.44. The van der Waals surface area contributed by atoms with Gasteiger partial charge in [0.2, 0.25) is 0 Å². The minimum absolute atomic E-state index is 0.0887. The van der Waals surface area contributed by atoms with Crippen molar-refractivity contribution in [1.29, 1.82) is 0 Å². The maximum atomic E-state index is 13.4. The molecule has 0 saturated carbocycles. The lowest BCUT2D eigenvalue weighted by Gasteiger charge is -2.16. The van der Waals surface area contributed by atoms with Crippen molar-refractivity contribution in [2.45, 2.75) is 26.1 Å². The van der Waals surface area contributed by atoms with Crippen molar-refractivity contribution in [2.24, 2.45) is 0 Å². The molecule has 0 aliphatic heterocycles. The summed E-state index contributed by atoms with van der Waals surface area (Å²) in [6, 6.07) is 2.87. The van der Waals surface area contributed by atoms with Crippen molar-refractivity contribution in [1.82, 2.24) is 4.57 Å². The van der Waals surface area contributed by atoms with Crippen LogP contribution < -0.4 is 5.56 Å². The third-order valence-electron chi connectivity index (χ3n) is 1.97. The zero-order valence-corrected chi connectivity index (χ0v) is 9.49. The summed E-state index contributed by atoms with van der Waals surface area (Å²) in [5, 5.41) is 0. The minimum atomic E-state index is -1.52. The van der Waals surface area contributed by atoms with E-state index in [0.717, 1.165) is 4.57 Å². The van der Waals surface area contributed by atoms with Crippen LogP contribution >= 0.6 is 0 Å². The molecular formula is C11H14FNO3. The molecule has 0 aromatic carbocycles. The van der Waals surface area contributed by atoms with Gasteiger partial charge in [-0.2, -0.15) is 0 Å². The molecule has 4 nitrogen and oxygen atoms in total. The van der Waals surface area contributed by atoms with Gasteiger partial charge in [-0.1, -0.05) is 0 Å². The van der Waals surface area contributed by atoms with Crippen molar-refractivity contribution < 1.29 is 13.9 Å². The standard InChI is InChI=1S/C11H14FNO3/c1-11(2,12)7-13-6-4-5-8(9(13)14)10(15)16-3/h4-6H,7H2,1-3H3. The molecule has 5 heteroatoms. The topological polar surface area (TPSA) is 48.3 Å². The zero-order valence-electron chi connectivity index (χ0n) is 9.49. The average molecular weight is 227 g/mol. The van der Waals surface area contributed by atoms with Crippen LogP contribution in [0.2, 0.25) is 0 Å². The molecule has 16 heavy (non-hydrogen) atoms. The highest BCUT2D eigenvalue weighted by molar-refractivity contribution is 5.88. The van der Waals surface area contributed by atoms with E-state index in [-0.39, 0.29) is 12.1 Å². The average Bonchev–Trinajstić information content (AvgIpc) is 2.18. The molecule has 0 saturated heterocycles.